The molecule has 0 radical (unpaired) electrons. The molecule has 6 nitrogen and oxygen atoms in total. The van der Waals surface area contributed by atoms with E-state index < -0.39 is 30.2 Å². The summed E-state index contributed by atoms with van der Waals surface area (Å²) >= 11 is 0. The minimum atomic E-state index is -2.46. The van der Waals surface area contributed by atoms with Crippen LogP contribution in [-0.4, -0.2) is 49.3 Å². The molecule has 0 aromatic carbocycles. The number of carbonyl (C=O) groups excluding carboxylic acids is 1. The molecule has 0 saturated carbocycles. The molecule has 0 bridgehead atoms. The first kappa shape index (κ1) is 22.4. The van der Waals surface area contributed by atoms with Crippen LogP contribution in [0.4, 0.5) is 13.6 Å². The fourth-order valence-electron chi connectivity index (χ4n) is 1.96. The van der Waals surface area contributed by atoms with Crippen molar-refractivity contribution < 1.29 is 18.3 Å². The van der Waals surface area contributed by atoms with E-state index in [4.69, 9.17) is 4.74 Å². The zero-order valence-corrected chi connectivity index (χ0v) is 15.6. The second-order valence-electron chi connectivity index (χ2n) is 6.58. The number of rotatable bonds is 8. The second-order valence-corrected chi connectivity index (χ2v) is 6.58. The van der Waals surface area contributed by atoms with Crippen molar-refractivity contribution in [2.24, 2.45) is 4.99 Å². The van der Waals surface area contributed by atoms with E-state index in [0.29, 0.717) is 25.3 Å². The predicted octanol–water partition coefficient (Wildman–Crippen LogP) is 2.89. The van der Waals surface area contributed by atoms with Crippen LogP contribution >= 0.6 is 0 Å². The minimum absolute atomic E-state index is 0.262. The largest absolute Gasteiger partial charge is 0.444 e. The summed E-state index contributed by atoms with van der Waals surface area (Å²) in [6.45, 7) is 11.5. The highest BCUT2D eigenvalue weighted by molar-refractivity contribution is 5.79. The lowest BCUT2D eigenvalue weighted by molar-refractivity contribution is 0.0452. The van der Waals surface area contributed by atoms with Gasteiger partial charge in [-0.25, -0.2) is 13.6 Å². The Hall–Kier alpha value is -1.60. The number of carbonyl (C=O) groups is 1. The smallest absolute Gasteiger partial charge is 0.408 e. The zero-order valence-electron chi connectivity index (χ0n) is 15.6. The van der Waals surface area contributed by atoms with E-state index in [1.807, 2.05) is 20.8 Å². The molecule has 0 aliphatic heterocycles. The summed E-state index contributed by atoms with van der Waals surface area (Å²) in [7, 11) is 0. The summed E-state index contributed by atoms with van der Waals surface area (Å²) < 4.78 is 30.0. The Kier molecular flexibility index (Phi) is 9.62. The van der Waals surface area contributed by atoms with Gasteiger partial charge in [-0.1, -0.05) is 13.8 Å². The third kappa shape index (κ3) is 9.52. The standard InChI is InChI=1S/C16H32F2N4O2/c1-7-16(8-2,22-14(23)24-15(4,5)6)11-21-13(19-9-3)20-10-12(17)18/h12H,7-11H2,1-6H3,(H,22,23)(H2,19,20,21). The van der Waals surface area contributed by atoms with Crippen LogP contribution in [0.2, 0.25) is 0 Å². The van der Waals surface area contributed by atoms with Gasteiger partial charge in [-0.3, -0.25) is 4.99 Å². The van der Waals surface area contributed by atoms with Crippen LogP contribution in [0.5, 0.6) is 0 Å². The molecule has 142 valence electrons. The summed E-state index contributed by atoms with van der Waals surface area (Å²) in [6, 6.07) is 0. The van der Waals surface area contributed by atoms with Crippen LogP contribution in [0, 0.1) is 0 Å². The number of amides is 1. The summed E-state index contributed by atoms with van der Waals surface area (Å²) in [5.74, 6) is 0.301. The van der Waals surface area contributed by atoms with Crippen molar-refractivity contribution in [3.8, 4) is 0 Å². The zero-order chi connectivity index (χ0) is 18.8. The van der Waals surface area contributed by atoms with Crippen LogP contribution in [0.3, 0.4) is 0 Å². The first-order valence-electron chi connectivity index (χ1n) is 8.39. The van der Waals surface area contributed by atoms with Crippen LogP contribution in [-0.2, 0) is 4.74 Å². The highest BCUT2D eigenvalue weighted by Gasteiger charge is 2.30. The fraction of sp³-hybridized carbons (Fsp3) is 0.875. The summed E-state index contributed by atoms with van der Waals surface area (Å²) in [5, 5.41) is 8.37. The van der Waals surface area contributed by atoms with Crippen molar-refractivity contribution in [2.75, 3.05) is 19.6 Å². The molecule has 0 atom stereocenters. The van der Waals surface area contributed by atoms with Crippen molar-refractivity contribution in [1.82, 2.24) is 16.0 Å². The molecular formula is C16H32F2N4O2. The van der Waals surface area contributed by atoms with Gasteiger partial charge in [-0.2, -0.15) is 0 Å². The van der Waals surface area contributed by atoms with Gasteiger partial charge in [0.2, 0.25) is 0 Å². The van der Waals surface area contributed by atoms with Crippen LogP contribution in [0.15, 0.2) is 4.99 Å². The molecule has 0 fully saturated rings. The predicted molar refractivity (Wildman–Crippen MR) is 92.7 cm³/mol. The number of nitrogens with zero attached hydrogens (tertiary/aromatic N) is 1. The molecule has 8 heteroatoms. The Labute approximate surface area is 143 Å². The molecule has 0 spiro atoms. The quantitative estimate of drug-likeness (QED) is 0.465. The van der Waals surface area contributed by atoms with E-state index in [1.165, 1.54) is 0 Å². The summed E-state index contributed by atoms with van der Waals surface area (Å²) in [5.41, 5.74) is -1.18. The van der Waals surface area contributed by atoms with Gasteiger partial charge in [0.05, 0.1) is 18.6 Å². The highest BCUT2D eigenvalue weighted by atomic mass is 19.3. The van der Waals surface area contributed by atoms with Crippen molar-refractivity contribution in [3.63, 3.8) is 0 Å². The first-order valence-corrected chi connectivity index (χ1v) is 8.39. The molecule has 0 saturated heterocycles. The van der Waals surface area contributed by atoms with Gasteiger partial charge in [0.15, 0.2) is 5.96 Å². The van der Waals surface area contributed by atoms with Gasteiger partial charge in [0.25, 0.3) is 6.43 Å². The molecule has 0 aromatic heterocycles. The molecule has 0 rings (SSSR count). The number of guanidine groups is 1. The maximum absolute atomic E-state index is 12.4. The van der Waals surface area contributed by atoms with Gasteiger partial charge in [0.1, 0.15) is 5.60 Å². The number of ether oxygens (including phenoxy) is 1. The first-order chi connectivity index (χ1) is 11.1. The van der Waals surface area contributed by atoms with Crippen molar-refractivity contribution in [1.29, 1.82) is 0 Å². The number of hydrogen-bond donors (Lipinski definition) is 3. The minimum Gasteiger partial charge on any atom is -0.444 e. The second kappa shape index (κ2) is 10.3. The Balaban J connectivity index is 4.99. The van der Waals surface area contributed by atoms with E-state index in [2.05, 4.69) is 20.9 Å². The number of alkyl carbamates (subject to hydrolysis) is 1. The lowest BCUT2D eigenvalue weighted by Crippen LogP contribution is -2.52. The molecule has 0 heterocycles. The molecular weight excluding hydrogens is 318 g/mol. The highest BCUT2D eigenvalue weighted by Crippen LogP contribution is 2.17. The Morgan fingerprint density at radius 2 is 1.71 bits per heavy atom. The van der Waals surface area contributed by atoms with Crippen molar-refractivity contribution >= 4 is 12.1 Å². The number of nitrogens with one attached hydrogen (secondary N) is 3. The topological polar surface area (TPSA) is 74.8 Å². The van der Waals surface area contributed by atoms with Gasteiger partial charge >= 0.3 is 6.09 Å². The van der Waals surface area contributed by atoms with Gasteiger partial charge in [-0.15, -0.1) is 0 Å². The molecule has 0 aromatic rings. The lowest BCUT2D eigenvalue weighted by Gasteiger charge is -2.32. The molecule has 24 heavy (non-hydrogen) atoms. The molecule has 3 N–H and O–H groups in total. The lowest BCUT2D eigenvalue weighted by atomic mass is 9.93. The van der Waals surface area contributed by atoms with Gasteiger partial charge in [-0.05, 0) is 40.5 Å². The molecule has 1 amide bonds. The average Bonchev–Trinajstić information content (AvgIpc) is 2.46. The molecule has 0 unspecified atom stereocenters. The fourth-order valence-corrected chi connectivity index (χ4v) is 1.96. The maximum atomic E-state index is 12.4. The monoisotopic (exact) mass is 350 g/mol. The van der Waals surface area contributed by atoms with E-state index in [-0.39, 0.29) is 6.54 Å². The van der Waals surface area contributed by atoms with Crippen LogP contribution < -0.4 is 16.0 Å². The van der Waals surface area contributed by atoms with Crippen LogP contribution in [0.25, 0.3) is 0 Å². The third-order valence-corrected chi connectivity index (χ3v) is 3.43. The van der Waals surface area contributed by atoms with Gasteiger partial charge in [0, 0.05) is 6.54 Å². The summed E-state index contributed by atoms with van der Waals surface area (Å²) in [6.07, 6.45) is -1.69. The Morgan fingerprint density at radius 1 is 1.12 bits per heavy atom. The molecule has 0 aliphatic rings. The van der Waals surface area contributed by atoms with Crippen molar-refractivity contribution in [3.05, 3.63) is 0 Å². The number of alkyl halides is 2. The third-order valence-electron chi connectivity index (χ3n) is 3.43. The van der Waals surface area contributed by atoms with E-state index >= 15 is 0 Å². The van der Waals surface area contributed by atoms with Gasteiger partial charge < -0.3 is 20.7 Å². The average molecular weight is 350 g/mol. The van der Waals surface area contributed by atoms with E-state index in [0.717, 1.165) is 0 Å². The Bertz CT molecular complexity index is 405. The summed E-state index contributed by atoms with van der Waals surface area (Å²) in [4.78, 5) is 16.4. The number of hydrogen-bond acceptors (Lipinski definition) is 3. The van der Waals surface area contributed by atoms with E-state index in [9.17, 15) is 13.6 Å². The normalized spacial score (nSPS) is 13.0. The molecule has 0 aliphatic carbocycles. The van der Waals surface area contributed by atoms with Crippen molar-refractivity contribution in [2.45, 2.75) is 71.9 Å². The Morgan fingerprint density at radius 3 is 2.12 bits per heavy atom. The maximum Gasteiger partial charge on any atom is 0.408 e. The van der Waals surface area contributed by atoms with Crippen LogP contribution in [0.1, 0.15) is 54.4 Å². The number of halogens is 2. The number of aliphatic imine (C=N–C) groups is 1. The van der Waals surface area contributed by atoms with E-state index in [1.54, 1.807) is 20.8 Å². The SMILES string of the molecule is CCNC(=NCC(CC)(CC)NC(=O)OC(C)(C)C)NCC(F)F.